The highest BCUT2D eigenvalue weighted by atomic mass is 16.6. The Kier molecular flexibility index (Phi) is 17.0. The maximum absolute atomic E-state index is 13.5. The van der Waals surface area contributed by atoms with Gasteiger partial charge in [-0.15, -0.1) is 0 Å². The molecule has 0 fully saturated rings. The SMILES string of the molecule is Cc1cc(OCc2ccccc2)cc(C)c1C[C@H](N)C(=O)C[C@H](C)C(=O)NC[C@H](Cc1ccccc1)N=C(NC(=O)OCc1ccccc1)NC(=O)OCc1ccccc1. The minimum Gasteiger partial charge on any atom is -0.489 e. The molecule has 5 N–H and O–H groups in total. The zero-order valence-electron chi connectivity index (χ0n) is 34.3. The number of nitrogens with two attached hydrogens (primary N) is 1. The molecular formula is C48H53N5O7. The molecule has 5 aromatic rings. The highest BCUT2D eigenvalue weighted by molar-refractivity contribution is 6.01. The molecule has 5 rings (SSSR count). The van der Waals surface area contributed by atoms with E-state index in [1.165, 1.54) is 0 Å². The van der Waals surface area contributed by atoms with Crippen molar-refractivity contribution in [3.8, 4) is 5.75 Å². The second-order valence-corrected chi connectivity index (χ2v) is 14.6. The third-order valence-electron chi connectivity index (χ3n) is 9.71. The van der Waals surface area contributed by atoms with Crippen LogP contribution >= 0.6 is 0 Å². The summed E-state index contributed by atoms with van der Waals surface area (Å²) in [6.07, 6.45) is -1.12. The summed E-state index contributed by atoms with van der Waals surface area (Å²) in [5.41, 5.74) is 12.8. The smallest absolute Gasteiger partial charge is 0.414 e. The van der Waals surface area contributed by atoms with Crippen molar-refractivity contribution in [2.24, 2.45) is 16.6 Å². The van der Waals surface area contributed by atoms with E-state index in [1.54, 1.807) is 6.92 Å². The van der Waals surface area contributed by atoms with E-state index in [-0.39, 0.29) is 43.8 Å². The van der Waals surface area contributed by atoms with Crippen LogP contribution in [0.5, 0.6) is 5.75 Å². The average molecular weight is 812 g/mol. The van der Waals surface area contributed by atoms with E-state index in [1.807, 2.05) is 147 Å². The molecule has 0 radical (unpaired) electrons. The number of aryl methyl sites for hydroxylation is 2. The summed E-state index contributed by atoms with van der Waals surface area (Å²) in [5.74, 6) is -0.793. The molecule has 60 heavy (non-hydrogen) atoms. The first-order chi connectivity index (χ1) is 29.0. The monoisotopic (exact) mass is 811 g/mol. The normalized spacial score (nSPS) is 12.2. The summed E-state index contributed by atoms with van der Waals surface area (Å²) in [4.78, 5) is 57.4. The van der Waals surface area contributed by atoms with Crippen molar-refractivity contribution >= 4 is 29.8 Å². The van der Waals surface area contributed by atoms with E-state index in [2.05, 4.69) is 20.9 Å². The summed E-state index contributed by atoms with van der Waals surface area (Å²) in [7, 11) is 0. The maximum Gasteiger partial charge on any atom is 0.414 e. The fraction of sp³-hybridized carbons (Fsp3) is 0.271. The largest absolute Gasteiger partial charge is 0.489 e. The van der Waals surface area contributed by atoms with Gasteiger partial charge in [0.15, 0.2) is 5.78 Å². The van der Waals surface area contributed by atoms with Crippen LogP contribution in [0.25, 0.3) is 0 Å². The standard InChI is InChI=1S/C48H53N5O7/c1-33-24-41(58-30-37-18-10-5-11-19-37)25-34(2)42(33)28-43(49)44(54)26-35(3)45(55)50-29-40(27-36-16-8-4-9-17-36)51-46(52-47(56)59-31-38-20-12-6-13-21-38)53-48(57)60-32-39-22-14-7-15-23-39/h4-25,35,40,43H,26-32,49H2,1-3H3,(H,50,55)(H2,51,52,53,56,57)/t35-,40-,43-/m0/s1. The molecule has 0 heterocycles. The first kappa shape index (κ1) is 44.3. The fourth-order valence-electron chi connectivity index (χ4n) is 6.41. The van der Waals surface area contributed by atoms with Gasteiger partial charge in [-0.1, -0.05) is 128 Å². The van der Waals surface area contributed by atoms with Crippen LogP contribution in [0.1, 0.15) is 52.3 Å². The summed E-state index contributed by atoms with van der Waals surface area (Å²) < 4.78 is 16.8. The van der Waals surface area contributed by atoms with Crippen LogP contribution < -0.4 is 26.4 Å². The lowest BCUT2D eigenvalue weighted by Crippen LogP contribution is -2.46. The molecular weight excluding hydrogens is 759 g/mol. The average Bonchev–Trinajstić information content (AvgIpc) is 3.25. The number of benzene rings is 5. The molecule has 0 aromatic heterocycles. The number of Topliss-reactive ketones (excluding diaryl/α,β-unsaturated/α-hetero) is 1. The van der Waals surface area contributed by atoms with E-state index in [0.29, 0.717) is 19.4 Å². The zero-order valence-corrected chi connectivity index (χ0v) is 34.3. The highest BCUT2D eigenvalue weighted by Gasteiger charge is 2.24. The van der Waals surface area contributed by atoms with Crippen molar-refractivity contribution < 1.29 is 33.4 Å². The van der Waals surface area contributed by atoms with Crippen molar-refractivity contribution in [2.45, 2.75) is 71.9 Å². The van der Waals surface area contributed by atoms with E-state index >= 15 is 0 Å². The van der Waals surface area contributed by atoms with Gasteiger partial charge in [-0.05, 0) is 77.8 Å². The molecule has 0 aliphatic carbocycles. The lowest BCUT2D eigenvalue weighted by molar-refractivity contribution is -0.129. The van der Waals surface area contributed by atoms with Gasteiger partial charge >= 0.3 is 12.2 Å². The number of ether oxygens (including phenoxy) is 3. The van der Waals surface area contributed by atoms with Crippen LogP contribution in [0.3, 0.4) is 0 Å². The van der Waals surface area contributed by atoms with Gasteiger partial charge in [0.05, 0.1) is 12.1 Å². The molecule has 12 nitrogen and oxygen atoms in total. The molecule has 312 valence electrons. The van der Waals surface area contributed by atoms with Gasteiger partial charge in [-0.25, -0.2) is 14.6 Å². The van der Waals surface area contributed by atoms with Crippen LogP contribution in [0, 0.1) is 19.8 Å². The number of hydrogen-bond acceptors (Lipinski definition) is 9. The van der Waals surface area contributed by atoms with Crippen LogP contribution in [-0.2, 0) is 51.7 Å². The Balaban J connectivity index is 1.22. The van der Waals surface area contributed by atoms with Gasteiger partial charge < -0.3 is 25.3 Å². The number of nitrogens with one attached hydrogen (secondary N) is 3. The van der Waals surface area contributed by atoms with Crippen molar-refractivity contribution in [1.29, 1.82) is 0 Å². The molecule has 0 unspecified atom stereocenters. The van der Waals surface area contributed by atoms with Crippen LogP contribution in [0.2, 0.25) is 0 Å². The molecule has 0 aliphatic heterocycles. The Hall–Kier alpha value is -6.79. The van der Waals surface area contributed by atoms with Crippen molar-refractivity contribution in [1.82, 2.24) is 16.0 Å². The predicted molar refractivity (Wildman–Crippen MR) is 231 cm³/mol. The van der Waals surface area contributed by atoms with Gasteiger partial charge in [0.1, 0.15) is 25.6 Å². The second-order valence-electron chi connectivity index (χ2n) is 14.6. The van der Waals surface area contributed by atoms with Gasteiger partial charge in [0.2, 0.25) is 11.9 Å². The van der Waals surface area contributed by atoms with Gasteiger partial charge in [0, 0.05) is 18.9 Å². The van der Waals surface area contributed by atoms with Crippen LogP contribution in [-0.4, -0.2) is 48.5 Å². The summed E-state index contributed by atoms with van der Waals surface area (Å²) in [6, 6.07) is 40.0. The Morgan fingerprint density at radius 3 is 1.57 bits per heavy atom. The number of rotatable bonds is 18. The van der Waals surface area contributed by atoms with Crippen molar-refractivity contribution in [3.05, 3.63) is 172 Å². The maximum atomic E-state index is 13.5. The lowest BCUT2D eigenvalue weighted by Gasteiger charge is -2.20. The number of carbonyl (C=O) groups excluding carboxylic acids is 4. The number of aliphatic imine (C=N–C) groups is 1. The molecule has 0 saturated heterocycles. The third-order valence-corrected chi connectivity index (χ3v) is 9.71. The molecule has 5 aromatic carbocycles. The molecule has 0 bridgehead atoms. The lowest BCUT2D eigenvalue weighted by atomic mass is 9.91. The van der Waals surface area contributed by atoms with E-state index < -0.39 is 30.2 Å². The number of hydrogen-bond donors (Lipinski definition) is 4. The fourth-order valence-corrected chi connectivity index (χ4v) is 6.41. The number of ketones is 1. The topological polar surface area (TPSA) is 170 Å². The van der Waals surface area contributed by atoms with Gasteiger partial charge in [0.25, 0.3) is 0 Å². The van der Waals surface area contributed by atoms with Crippen LogP contribution in [0.4, 0.5) is 9.59 Å². The Morgan fingerprint density at radius 1 is 0.633 bits per heavy atom. The summed E-state index contributed by atoms with van der Waals surface area (Å²) >= 11 is 0. The van der Waals surface area contributed by atoms with Gasteiger partial charge in [-0.3, -0.25) is 20.2 Å². The molecule has 3 atom stereocenters. The van der Waals surface area contributed by atoms with Crippen molar-refractivity contribution in [3.63, 3.8) is 0 Å². The summed E-state index contributed by atoms with van der Waals surface area (Å²) in [6.45, 7) is 6.04. The Morgan fingerprint density at radius 2 is 1.08 bits per heavy atom. The van der Waals surface area contributed by atoms with E-state index in [9.17, 15) is 19.2 Å². The molecule has 3 amide bonds. The molecule has 12 heteroatoms. The number of alkyl carbamates (subject to hydrolysis) is 2. The number of guanidine groups is 1. The Labute approximate surface area is 351 Å². The van der Waals surface area contributed by atoms with Gasteiger partial charge in [-0.2, -0.15) is 0 Å². The molecule has 0 aliphatic rings. The number of carbonyl (C=O) groups is 4. The first-order valence-corrected chi connectivity index (χ1v) is 19.9. The quantitative estimate of drug-likeness (QED) is 0.0529. The highest BCUT2D eigenvalue weighted by Crippen LogP contribution is 2.24. The number of nitrogens with zero attached hydrogens (tertiary/aromatic N) is 1. The second kappa shape index (κ2) is 23.0. The molecule has 0 spiro atoms. The van der Waals surface area contributed by atoms with E-state index in [0.717, 1.165) is 44.7 Å². The minimum atomic E-state index is -0.857. The third kappa shape index (κ3) is 14.9. The Bertz CT molecular complexity index is 2100. The summed E-state index contributed by atoms with van der Waals surface area (Å²) in [5, 5.41) is 7.96. The molecule has 0 saturated carbocycles. The van der Waals surface area contributed by atoms with E-state index in [4.69, 9.17) is 19.9 Å². The zero-order chi connectivity index (χ0) is 42.7. The first-order valence-electron chi connectivity index (χ1n) is 19.9. The predicted octanol–water partition coefficient (Wildman–Crippen LogP) is 7.28. The van der Waals surface area contributed by atoms with Crippen LogP contribution in [0.15, 0.2) is 138 Å². The van der Waals surface area contributed by atoms with Crippen molar-refractivity contribution in [2.75, 3.05) is 6.54 Å². The number of amides is 3. The minimum absolute atomic E-state index is 0.0143.